The summed E-state index contributed by atoms with van der Waals surface area (Å²) in [6.45, 7) is 18.3. The van der Waals surface area contributed by atoms with Gasteiger partial charge >= 0.3 is 0 Å². The summed E-state index contributed by atoms with van der Waals surface area (Å²) in [5, 5.41) is 0. The lowest BCUT2D eigenvalue weighted by molar-refractivity contribution is 0.709. The van der Waals surface area contributed by atoms with Crippen molar-refractivity contribution in [2.75, 3.05) is 6.26 Å². The molecule has 0 radical (unpaired) electrons. The van der Waals surface area contributed by atoms with Crippen LogP contribution in [-0.4, -0.2) is 15.7 Å². The minimum Gasteiger partial charge on any atom is -0.208 e. The molecule has 0 nitrogen and oxygen atoms in total. The summed E-state index contributed by atoms with van der Waals surface area (Å²) in [4.78, 5) is 1.52. The van der Waals surface area contributed by atoms with Gasteiger partial charge in [0.25, 0.3) is 0 Å². The van der Waals surface area contributed by atoms with Gasteiger partial charge < -0.3 is 0 Å². The molecule has 1 heteroatoms. The first-order chi connectivity index (χ1) is 8.11. The molecule has 0 fully saturated rings. The second-order valence-electron chi connectivity index (χ2n) is 6.46. The number of rotatable bonds is 1. The van der Waals surface area contributed by atoms with Gasteiger partial charge in [-0.2, -0.15) is 0 Å². The molecule has 0 aliphatic heterocycles. The molecule has 0 saturated heterocycles. The van der Waals surface area contributed by atoms with Crippen LogP contribution in [0.2, 0.25) is 0 Å². The van der Waals surface area contributed by atoms with E-state index < -0.39 is 10.0 Å². The molecule has 0 spiro atoms. The van der Waals surface area contributed by atoms with Crippen molar-refractivity contribution in [3.63, 3.8) is 0 Å². The first-order valence-corrected chi connectivity index (χ1v) is 8.97. The third-order valence-corrected chi connectivity index (χ3v) is 9.78. The molecule has 0 N–H and O–H groups in total. The summed E-state index contributed by atoms with van der Waals surface area (Å²) in [5.41, 5.74) is 0. The zero-order valence-corrected chi connectivity index (χ0v) is 14.6. The Morgan fingerprint density at radius 3 is 1.33 bits per heavy atom. The van der Waals surface area contributed by atoms with Crippen molar-refractivity contribution < 1.29 is 0 Å². The van der Waals surface area contributed by atoms with Gasteiger partial charge in [0.15, 0.2) is 0 Å². The van der Waals surface area contributed by atoms with Crippen molar-refractivity contribution in [3.8, 4) is 0 Å². The van der Waals surface area contributed by atoms with Crippen molar-refractivity contribution in [2.24, 2.45) is 0 Å². The van der Waals surface area contributed by atoms with Gasteiger partial charge in [0.2, 0.25) is 0 Å². The fourth-order valence-electron chi connectivity index (χ4n) is 2.32. The number of benzene rings is 1. The SMILES string of the molecule is CC.CC(C)(C)S(C)(c1ccccc1)C(C)(C)C. The maximum absolute atomic E-state index is 2.47. The maximum atomic E-state index is 2.47. The van der Waals surface area contributed by atoms with Crippen LogP contribution >= 0.6 is 10.0 Å². The van der Waals surface area contributed by atoms with Crippen LogP contribution in [0.25, 0.3) is 0 Å². The standard InChI is InChI=1S/C15H26S.C2H6/c1-14(2,3)16(7,15(4,5)6)13-11-9-8-10-12-13;1-2/h8-12H,1-7H3;1-2H3. The van der Waals surface area contributed by atoms with Gasteiger partial charge in [0.05, 0.1) is 0 Å². The van der Waals surface area contributed by atoms with Gasteiger partial charge in [-0.05, 0) is 20.6 Å². The topological polar surface area (TPSA) is 0 Å². The van der Waals surface area contributed by atoms with Gasteiger partial charge in [0.1, 0.15) is 0 Å². The number of hydrogen-bond donors (Lipinski definition) is 0. The van der Waals surface area contributed by atoms with Crippen LogP contribution in [-0.2, 0) is 0 Å². The molecule has 0 aromatic heterocycles. The monoisotopic (exact) mass is 268 g/mol. The summed E-state index contributed by atoms with van der Waals surface area (Å²) < 4.78 is 0.652. The van der Waals surface area contributed by atoms with Gasteiger partial charge in [0, 0.05) is 0 Å². The average molecular weight is 269 g/mol. The third kappa shape index (κ3) is 3.32. The Balaban J connectivity index is 0.00000137. The van der Waals surface area contributed by atoms with E-state index in [-0.39, 0.29) is 0 Å². The van der Waals surface area contributed by atoms with Crippen LogP contribution in [0.4, 0.5) is 0 Å². The summed E-state index contributed by atoms with van der Waals surface area (Å²) >= 11 is 0. The fraction of sp³-hybridized carbons (Fsp3) is 0.647. The Hall–Kier alpha value is -0.430. The van der Waals surface area contributed by atoms with Crippen LogP contribution in [0.1, 0.15) is 55.4 Å². The number of hydrogen-bond acceptors (Lipinski definition) is 0. The second kappa shape index (κ2) is 6.14. The van der Waals surface area contributed by atoms with E-state index in [1.807, 2.05) is 13.8 Å². The lowest BCUT2D eigenvalue weighted by Gasteiger charge is -2.57. The van der Waals surface area contributed by atoms with Crippen molar-refractivity contribution >= 4 is 10.0 Å². The Morgan fingerprint density at radius 2 is 1.06 bits per heavy atom. The Labute approximate surface area is 117 Å². The van der Waals surface area contributed by atoms with Crippen LogP contribution < -0.4 is 0 Å². The second-order valence-corrected chi connectivity index (χ2v) is 11.2. The Bertz CT molecular complexity index is 324. The van der Waals surface area contributed by atoms with Crippen molar-refractivity contribution in [1.82, 2.24) is 0 Å². The molecular formula is C17H32S. The molecule has 0 bridgehead atoms. The molecule has 0 aliphatic carbocycles. The van der Waals surface area contributed by atoms with E-state index in [1.165, 1.54) is 4.90 Å². The minimum absolute atomic E-state index is 0.326. The minimum atomic E-state index is -0.850. The van der Waals surface area contributed by atoms with Gasteiger partial charge in [-0.1, -0.05) is 85.7 Å². The molecular weight excluding hydrogens is 236 g/mol. The largest absolute Gasteiger partial charge is 0.208 e. The summed E-state index contributed by atoms with van der Waals surface area (Å²) in [7, 11) is -0.850. The van der Waals surface area contributed by atoms with E-state index in [9.17, 15) is 0 Å². The van der Waals surface area contributed by atoms with Crippen molar-refractivity contribution in [2.45, 2.75) is 69.8 Å². The summed E-state index contributed by atoms with van der Waals surface area (Å²) in [6.07, 6.45) is 2.47. The highest BCUT2D eigenvalue weighted by Crippen LogP contribution is 2.70. The summed E-state index contributed by atoms with van der Waals surface area (Å²) in [6, 6.07) is 11.0. The van der Waals surface area contributed by atoms with Gasteiger partial charge in [-0.15, -0.1) is 0 Å². The van der Waals surface area contributed by atoms with E-state index in [1.54, 1.807) is 0 Å². The van der Waals surface area contributed by atoms with E-state index in [0.29, 0.717) is 9.49 Å². The highest BCUT2D eigenvalue weighted by atomic mass is 32.3. The smallest absolute Gasteiger partial charge is 0.00419 e. The van der Waals surface area contributed by atoms with E-state index in [2.05, 4.69) is 78.1 Å². The molecule has 0 heterocycles. The Kier molecular flexibility index (Phi) is 6.00. The molecule has 18 heavy (non-hydrogen) atoms. The summed E-state index contributed by atoms with van der Waals surface area (Å²) in [5.74, 6) is 0. The molecule has 106 valence electrons. The third-order valence-electron chi connectivity index (χ3n) is 3.66. The quantitative estimate of drug-likeness (QED) is 0.577. The average Bonchev–Trinajstić information content (AvgIpc) is 2.29. The highest BCUT2D eigenvalue weighted by molar-refractivity contribution is 8.35. The fourth-order valence-corrected chi connectivity index (χ4v) is 6.27. The van der Waals surface area contributed by atoms with Crippen LogP contribution in [0.3, 0.4) is 0 Å². The normalized spacial score (nSPS) is 13.6. The zero-order chi connectivity index (χ0) is 14.6. The van der Waals surface area contributed by atoms with Crippen LogP contribution in [0.5, 0.6) is 0 Å². The zero-order valence-electron chi connectivity index (χ0n) is 13.8. The lowest BCUT2D eigenvalue weighted by Crippen LogP contribution is -2.37. The molecule has 1 aromatic rings. The first kappa shape index (κ1) is 17.6. The van der Waals surface area contributed by atoms with Crippen LogP contribution in [0, 0.1) is 0 Å². The molecule has 0 atom stereocenters. The predicted molar refractivity (Wildman–Crippen MR) is 89.1 cm³/mol. The van der Waals surface area contributed by atoms with Gasteiger partial charge in [-0.3, -0.25) is 0 Å². The molecule has 0 aliphatic rings. The highest BCUT2D eigenvalue weighted by Gasteiger charge is 2.42. The van der Waals surface area contributed by atoms with Gasteiger partial charge in [-0.25, -0.2) is 10.0 Å². The van der Waals surface area contributed by atoms with E-state index in [4.69, 9.17) is 0 Å². The lowest BCUT2D eigenvalue weighted by atomic mass is 10.2. The predicted octanol–water partition coefficient (Wildman–Crippen LogP) is 6.10. The Morgan fingerprint density at radius 1 is 0.722 bits per heavy atom. The van der Waals surface area contributed by atoms with E-state index in [0.717, 1.165) is 0 Å². The first-order valence-electron chi connectivity index (χ1n) is 6.93. The molecule has 0 amide bonds. The van der Waals surface area contributed by atoms with Crippen LogP contribution in [0.15, 0.2) is 35.2 Å². The molecule has 1 rings (SSSR count). The van der Waals surface area contributed by atoms with Crippen molar-refractivity contribution in [1.29, 1.82) is 0 Å². The molecule has 0 unspecified atom stereocenters. The van der Waals surface area contributed by atoms with Crippen molar-refractivity contribution in [3.05, 3.63) is 30.3 Å². The molecule has 0 saturated carbocycles. The maximum Gasteiger partial charge on any atom is -0.00419 e. The van der Waals surface area contributed by atoms with E-state index >= 15 is 0 Å². The molecule has 1 aromatic carbocycles.